The van der Waals surface area contributed by atoms with Gasteiger partial charge in [-0.05, 0) is 152 Å². The van der Waals surface area contributed by atoms with Gasteiger partial charge >= 0.3 is 0 Å². The van der Waals surface area contributed by atoms with E-state index >= 15 is 0 Å². The monoisotopic (exact) mass is 859 g/mol. The molecule has 1 aromatic heterocycles. The summed E-state index contributed by atoms with van der Waals surface area (Å²) in [5, 5.41) is 14.5. The smallest absolute Gasteiger partial charge is 0.0619 e. The van der Waals surface area contributed by atoms with E-state index in [0.717, 1.165) is 12.8 Å². The summed E-state index contributed by atoms with van der Waals surface area (Å²) in [4.78, 5) is 0. The predicted molar refractivity (Wildman–Crippen MR) is 290 cm³/mol. The highest BCUT2D eigenvalue weighted by Crippen LogP contribution is 2.50. The van der Waals surface area contributed by atoms with E-state index in [-0.39, 0.29) is 10.8 Å². The van der Waals surface area contributed by atoms with Gasteiger partial charge in [0.1, 0.15) is 0 Å². The zero-order valence-corrected chi connectivity index (χ0v) is 39.3. The Morgan fingerprint density at radius 1 is 0.418 bits per heavy atom. The lowest BCUT2D eigenvalue weighted by atomic mass is 9.73. The van der Waals surface area contributed by atoms with Crippen LogP contribution in [-0.4, -0.2) is 4.57 Å². The zero-order valence-electron chi connectivity index (χ0n) is 39.3. The van der Waals surface area contributed by atoms with Gasteiger partial charge < -0.3 is 4.57 Å². The second-order valence-electron chi connectivity index (χ2n) is 21.1. The first-order valence-corrected chi connectivity index (χ1v) is 24.1. The molecule has 0 aliphatic heterocycles. The molecule has 1 heterocycles. The number of hydrogen-bond donors (Lipinski definition) is 0. The summed E-state index contributed by atoms with van der Waals surface area (Å²) in [5.41, 5.74) is 18.2. The maximum atomic E-state index is 2.59. The Labute approximate surface area is 393 Å². The fraction of sp³-hybridized carbons (Fsp3) is 0.152. The van der Waals surface area contributed by atoms with Crippen molar-refractivity contribution in [3.05, 3.63) is 210 Å². The minimum absolute atomic E-state index is 0.0151. The van der Waals surface area contributed by atoms with Crippen molar-refractivity contribution in [3.63, 3.8) is 0 Å². The standard InChI is InChI=1S/C66H53N/c1-65(2,3)62-51-22-13-14-23-52(51)63(66(4,5)6)55-39-46(28-33-53(55)62)45-27-31-48-47(38-45)29-32-50-49(48)35-37-57-61(50)60(40-16-9-7-10-17-40)64(44-18-11-8-12-19-44)67(57)56-36-30-43-25-24-41-20-15-21-42-26-34-54(56)59(43)58(41)42/h7-19,21-24,26-39H,20,25H2,1-6H3. The lowest BCUT2D eigenvalue weighted by Gasteiger charge is -2.30. The first-order valence-electron chi connectivity index (χ1n) is 24.1. The highest BCUT2D eigenvalue weighted by molar-refractivity contribution is 6.24. The van der Waals surface area contributed by atoms with Crippen LogP contribution < -0.4 is 0 Å². The fourth-order valence-corrected chi connectivity index (χ4v) is 12.3. The van der Waals surface area contributed by atoms with Crippen LogP contribution in [-0.2, 0) is 17.3 Å². The summed E-state index contributed by atoms with van der Waals surface area (Å²) >= 11 is 0. The fourth-order valence-electron chi connectivity index (χ4n) is 12.3. The number of rotatable bonds is 4. The molecule has 322 valence electrons. The maximum Gasteiger partial charge on any atom is 0.0619 e. The second kappa shape index (κ2) is 14.5. The van der Waals surface area contributed by atoms with Crippen LogP contribution in [0.25, 0.3) is 116 Å². The second-order valence-corrected chi connectivity index (χ2v) is 21.1. The topological polar surface area (TPSA) is 4.93 Å². The van der Waals surface area contributed by atoms with E-state index in [4.69, 9.17) is 0 Å². The molecule has 0 fully saturated rings. The van der Waals surface area contributed by atoms with Crippen LogP contribution in [0, 0.1) is 0 Å². The molecule has 0 radical (unpaired) electrons. The molecule has 0 bridgehead atoms. The summed E-state index contributed by atoms with van der Waals surface area (Å²) in [6, 6.07) is 64.6. The molecule has 0 spiro atoms. The third-order valence-corrected chi connectivity index (χ3v) is 15.0. The largest absolute Gasteiger partial charge is 0.308 e. The first-order chi connectivity index (χ1) is 32.5. The third-order valence-electron chi connectivity index (χ3n) is 15.0. The number of allylic oxidation sites excluding steroid dienone is 3. The molecule has 2 aliphatic rings. The normalized spacial score (nSPS) is 13.7. The van der Waals surface area contributed by atoms with E-state index in [9.17, 15) is 0 Å². The Morgan fingerprint density at radius 3 is 1.76 bits per heavy atom. The van der Waals surface area contributed by atoms with E-state index in [2.05, 4.69) is 234 Å². The minimum atomic E-state index is -0.0406. The Hall–Kier alpha value is -7.48. The highest BCUT2D eigenvalue weighted by Gasteiger charge is 2.29. The Kier molecular flexibility index (Phi) is 8.63. The van der Waals surface area contributed by atoms with Crippen molar-refractivity contribution >= 4 is 76.4 Å². The summed E-state index contributed by atoms with van der Waals surface area (Å²) in [6.45, 7) is 14.2. The summed E-state index contributed by atoms with van der Waals surface area (Å²) < 4.78 is 2.59. The molecule has 0 saturated carbocycles. The van der Waals surface area contributed by atoms with Gasteiger partial charge in [0.25, 0.3) is 0 Å². The molecule has 1 nitrogen and oxygen atoms in total. The van der Waals surface area contributed by atoms with Crippen LogP contribution in [0.2, 0.25) is 0 Å². The third kappa shape index (κ3) is 6.00. The van der Waals surface area contributed by atoms with E-state index in [1.807, 2.05) is 0 Å². The van der Waals surface area contributed by atoms with Crippen molar-refractivity contribution in [2.75, 3.05) is 0 Å². The van der Waals surface area contributed by atoms with Gasteiger partial charge in [0.2, 0.25) is 0 Å². The molecule has 1 heteroatoms. The first kappa shape index (κ1) is 39.8. The number of nitrogens with zero attached hydrogens (tertiary/aromatic N) is 1. The van der Waals surface area contributed by atoms with Crippen molar-refractivity contribution in [2.45, 2.75) is 65.2 Å². The molecule has 0 unspecified atom stereocenters. The summed E-state index contributed by atoms with van der Waals surface area (Å²) in [6.07, 6.45) is 9.05. The van der Waals surface area contributed by atoms with Crippen molar-refractivity contribution < 1.29 is 0 Å². The predicted octanol–water partition coefficient (Wildman–Crippen LogP) is 18.3. The summed E-state index contributed by atoms with van der Waals surface area (Å²) in [7, 11) is 0. The average molecular weight is 860 g/mol. The van der Waals surface area contributed by atoms with Crippen LogP contribution in [0.1, 0.15) is 75.8 Å². The van der Waals surface area contributed by atoms with Crippen LogP contribution in [0.4, 0.5) is 0 Å². The van der Waals surface area contributed by atoms with Gasteiger partial charge in [-0.15, -0.1) is 0 Å². The van der Waals surface area contributed by atoms with Crippen LogP contribution in [0.5, 0.6) is 0 Å². The van der Waals surface area contributed by atoms with Crippen molar-refractivity contribution in [2.24, 2.45) is 0 Å². The van der Waals surface area contributed by atoms with E-state index in [0.29, 0.717) is 0 Å². The number of aromatic nitrogens is 1. The lowest BCUT2D eigenvalue weighted by Crippen LogP contribution is -2.17. The molecule has 2 aliphatic carbocycles. The molecular formula is C66H53N. The number of fused-ring (bicyclic) bond motifs is 7. The van der Waals surface area contributed by atoms with E-state index in [1.165, 1.54) is 137 Å². The lowest BCUT2D eigenvalue weighted by molar-refractivity contribution is 0.593. The molecule has 67 heavy (non-hydrogen) atoms. The highest BCUT2D eigenvalue weighted by atomic mass is 15.0. The Balaban J connectivity index is 1.06. The quantitative estimate of drug-likeness (QED) is 0.123. The van der Waals surface area contributed by atoms with Gasteiger partial charge in [-0.2, -0.15) is 0 Å². The van der Waals surface area contributed by atoms with Crippen molar-refractivity contribution in [1.82, 2.24) is 4.57 Å². The van der Waals surface area contributed by atoms with Crippen molar-refractivity contribution in [3.8, 4) is 39.2 Å². The van der Waals surface area contributed by atoms with Gasteiger partial charge in [0, 0.05) is 16.3 Å². The molecule has 0 amide bonds. The molecular weight excluding hydrogens is 807 g/mol. The number of hydrogen-bond acceptors (Lipinski definition) is 0. The van der Waals surface area contributed by atoms with Crippen molar-refractivity contribution in [1.29, 1.82) is 0 Å². The average Bonchev–Trinajstić information content (AvgIpc) is 3.69. The van der Waals surface area contributed by atoms with Crippen LogP contribution in [0.3, 0.4) is 0 Å². The van der Waals surface area contributed by atoms with Crippen LogP contribution >= 0.6 is 0 Å². The molecule has 10 aromatic carbocycles. The van der Waals surface area contributed by atoms with Gasteiger partial charge in [-0.1, -0.05) is 205 Å². The summed E-state index contributed by atoms with van der Waals surface area (Å²) in [5.74, 6) is 0. The molecule has 0 N–H and O–H groups in total. The van der Waals surface area contributed by atoms with E-state index < -0.39 is 0 Å². The minimum Gasteiger partial charge on any atom is -0.308 e. The van der Waals surface area contributed by atoms with Crippen LogP contribution in [0.15, 0.2) is 182 Å². The molecule has 0 saturated heterocycles. The van der Waals surface area contributed by atoms with E-state index in [1.54, 1.807) is 0 Å². The zero-order chi connectivity index (χ0) is 45.3. The van der Waals surface area contributed by atoms with Gasteiger partial charge in [0.05, 0.1) is 16.9 Å². The molecule has 0 atom stereocenters. The SMILES string of the molecule is CC(C)(C)c1c2ccccc2c(C(C)(C)C)c2cc(-c3ccc4c(ccc5c4ccc4c5c(-c5ccccc5)c(-c5ccccc5)n4-c4ccc5c6c7c(ccc46)C=CCC7=CC5)c3)ccc12. The van der Waals surface area contributed by atoms with Gasteiger partial charge in [-0.25, -0.2) is 0 Å². The molecule has 13 rings (SSSR count). The Morgan fingerprint density at radius 2 is 1.03 bits per heavy atom. The molecule has 11 aromatic rings. The Bertz CT molecular complexity index is 3950. The van der Waals surface area contributed by atoms with Gasteiger partial charge in [0.15, 0.2) is 0 Å². The maximum absolute atomic E-state index is 2.59. The number of benzene rings is 10. The van der Waals surface area contributed by atoms with Gasteiger partial charge in [-0.3, -0.25) is 0 Å².